The summed E-state index contributed by atoms with van der Waals surface area (Å²) in [5.41, 5.74) is 0. The van der Waals surface area contributed by atoms with Crippen LogP contribution in [0.1, 0.15) is 20.8 Å². The highest BCUT2D eigenvalue weighted by molar-refractivity contribution is 5.80. The summed E-state index contributed by atoms with van der Waals surface area (Å²) in [5, 5.41) is 10.9. The van der Waals surface area contributed by atoms with E-state index < -0.39 is 0 Å². The number of carbonyl (C=O) groups is 1. The van der Waals surface area contributed by atoms with Gasteiger partial charge in [0.2, 0.25) is 5.91 Å². The molecule has 1 aliphatic rings. The first-order chi connectivity index (χ1) is 6.57. The van der Waals surface area contributed by atoms with Crippen LogP contribution in [0.3, 0.4) is 0 Å². The Balaban J connectivity index is 2.59. The number of carbonyl (C=O) groups excluding carboxylic acids is 1. The first-order valence-electron chi connectivity index (χ1n) is 4.88. The van der Waals surface area contributed by atoms with Crippen LogP contribution in [0.4, 0.5) is 0 Å². The Labute approximate surface area is 84.2 Å². The monoisotopic (exact) mass is 196 g/mol. The fraction of sp³-hybridized carbons (Fsp3) is 0.800. The van der Waals surface area contributed by atoms with Crippen molar-refractivity contribution in [1.82, 2.24) is 5.32 Å². The molecule has 0 aromatic carbocycles. The van der Waals surface area contributed by atoms with Gasteiger partial charge in [-0.2, -0.15) is 5.26 Å². The molecular formula is C10H16N2O2. The molecule has 1 N–H and O–H groups in total. The van der Waals surface area contributed by atoms with Crippen molar-refractivity contribution in [1.29, 1.82) is 5.26 Å². The molecule has 0 aliphatic carbocycles. The highest BCUT2D eigenvalue weighted by Gasteiger charge is 2.41. The van der Waals surface area contributed by atoms with Crippen LogP contribution in [0.5, 0.6) is 0 Å². The Morgan fingerprint density at radius 3 is 2.50 bits per heavy atom. The minimum atomic E-state index is -0.127. The molecule has 0 aromatic heterocycles. The zero-order valence-electron chi connectivity index (χ0n) is 8.78. The minimum absolute atomic E-state index is 0.0568. The summed E-state index contributed by atoms with van der Waals surface area (Å²) < 4.78 is 5.54. The molecule has 78 valence electrons. The maximum Gasteiger partial charge on any atom is 0.226 e. The van der Waals surface area contributed by atoms with Gasteiger partial charge < -0.3 is 10.1 Å². The lowest BCUT2D eigenvalue weighted by Gasteiger charge is -2.16. The SMILES string of the molecule is CC1OC(C)C(C(=O)NCC#N)C1C. The van der Waals surface area contributed by atoms with Gasteiger partial charge in [0, 0.05) is 0 Å². The summed E-state index contributed by atoms with van der Waals surface area (Å²) in [6, 6.07) is 1.89. The second-order valence-electron chi connectivity index (χ2n) is 3.81. The van der Waals surface area contributed by atoms with E-state index in [0.717, 1.165) is 0 Å². The summed E-state index contributed by atoms with van der Waals surface area (Å²) in [5.74, 6) is 0.0120. The Hall–Kier alpha value is -1.08. The van der Waals surface area contributed by atoms with Gasteiger partial charge in [-0.1, -0.05) is 6.92 Å². The number of hydrogen-bond donors (Lipinski definition) is 1. The summed E-state index contributed by atoms with van der Waals surface area (Å²) in [4.78, 5) is 11.6. The fourth-order valence-electron chi connectivity index (χ4n) is 1.96. The van der Waals surface area contributed by atoms with Crippen LogP contribution < -0.4 is 5.32 Å². The van der Waals surface area contributed by atoms with Crippen LogP contribution >= 0.6 is 0 Å². The van der Waals surface area contributed by atoms with Gasteiger partial charge in [0.15, 0.2) is 0 Å². The van der Waals surface area contributed by atoms with Gasteiger partial charge in [-0.25, -0.2) is 0 Å². The minimum Gasteiger partial charge on any atom is -0.374 e. The predicted molar refractivity (Wildman–Crippen MR) is 51.3 cm³/mol. The summed E-state index contributed by atoms with van der Waals surface area (Å²) in [7, 11) is 0. The number of ether oxygens (including phenoxy) is 1. The van der Waals surface area contributed by atoms with Crippen molar-refractivity contribution in [3.05, 3.63) is 0 Å². The Morgan fingerprint density at radius 2 is 2.07 bits per heavy atom. The average molecular weight is 196 g/mol. The molecule has 4 atom stereocenters. The molecule has 14 heavy (non-hydrogen) atoms. The van der Waals surface area contributed by atoms with Crippen LogP contribution in [0.15, 0.2) is 0 Å². The number of nitriles is 1. The maximum atomic E-state index is 11.6. The molecule has 1 aliphatic heterocycles. The van der Waals surface area contributed by atoms with Crippen molar-refractivity contribution < 1.29 is 9.53 Å². The third kappa shape index (κ3) is 2.05. The van der Waals surface area contributed by atoms with Gasteiger partial charge in [-0.15, -0.1) is 0 Å². The highest BCUT2D eigenvalue weighted by Crippen LogP contribution is 2.31. The topological polar surface area (TPSA) is 62.1 Å². The number of amides is 1. The second-order valence-corrected chi connectivity index (χ2v) is 3.81. The lowest BCUT2D eigenvalue weighted by Crippen LogP contribution is -2.37. The summed E-state index contributed by atoms with van der Waals surface area (Å²) in [6.45, 7) is 5.95. The number of hydrogen-bond acceptors (Lipinski definition) is 3. The quantitative estimate of drug-likeness (QED) is 0.661. The zero-order chi connectivity index (χ0) is 10.7. The van der Waals surface area contributed by atoms with Gasteiger partial charge in [0.1, 0.15) is 6.54 Å². The van der Waals surface area contributed by atoms with E-state index in [-0.39, 0.29) is 36.5 Å². The normalized spacial score (nSPS) is 36.4. The van der Waals surface area contributed by atoms with Crippen molar-refractivity contribution in [2.75, 3.05) is 6.54 Å². The molecule has 0 spiro atoms. The Kier molecular flexibility index (Phi) is 3.48. The van der Waals surface area contributed by atoms with Crippen LogP contribution in [-0.4, -0.2) is 24.7 Å². The second kappa shape index (κ2) is 4.43. The summed E-state index contributed by atoms with van der Waals surface area (Å²) in [6.07, 6.45) is 0.0570. The molecule has 0 bridgehead atoms. The van der Waals surface area contributed by atoms with Gasteiger partial charge in [0.05, 0.1) is 24.2 Å². The number of rotatable bonds is 2. The lowest BCUT2D eigenvalue weighted by molar-refractivity contribution is -0.126. The van der Waals surface area contributed by atoms with Gasteiger partial charge in [-0.05, 0) is 19.8 Å². The summed E-state index contributed by atoms with van der Waals surface area (Å²) >= 11 is 0. The highest BCUT2D eigenvalue weighted by atomic mass is 16.5. The van der Waals surface area contributed by atoms with E-state index in [1.54, 1.807) is 0 Å². The van der Waals surface area contributed by atoms with Crippen molar-refractivity contribution in [3.8, 4) is 6.07 Å². The number of nitrogens with zero attached hydrogens (tertiary/aromatic N) is 1. The lowest BCUT2D eigenvalue weighted by atomic mass is 9.89. The first-order valence-corrected chi connectivity index (χ1v) is 4.88. The van der Waals surface area contributed by atoms with Crippen LogP contribution in [0, 0.1) is 23.2 Å². The molecule has 4 unspecified atom stereocenters. The first kappa shape index (κ1) is 11.0. The Bertz CT molecular complexity index is 259. The van der Waals surface area contributed by atoms with Gasteiger partial charge >= 0.3 is 0 Å². The third-order valence-corrected chi connectivity index (χ3v) is 2.89. The molecule has 1 fully saturated rings. The predicted octanol–water partition coefficient (Wildman–Crippen LogP) is 0.686. The standard InChI is InChI=1S/C10H16N2O2/c1-6-7(2)14-8(3)9(6)10(13)12-5-4-11/h6-9H,5H2,1-3H3,(H,12,13). The Morgan fingerprint density at radius 1 is 1.43 bits per heavy atom. The van der Waals surface area contributed by atoms with E-state index in [4.69, 9.17) is 10.00 Å². The van der Waals surface area contributed by atoms with E-state index >= 15 is 0 Å². The van der Waals surface area contributed by atoms with Gasteiger partial charge in [0.25, 0.3) is 0 Å². The average Bonchev–Trinajstić information content (AvgIpc) is 2.38. The molecule has 1 heterocycles. The van der Waals surface area contributed by atoms with E-state index in [2.05, 4.69) is 5.32 Å². The largest absolute Gasteiger partial charge is 0.374 e. The molecule has 0 radical (unpaired) electrons. The van der Waals surface area contributed by atoms with E-state index in [0.29, 0.717) is 0 Å². The van der Waals surface area contributed by atoms with Crippen LogP contribution in [0.25, 0.3) is 0 Å². The molecule has 0 aromatic rings. The van der Waals surface area contributed by atoms with E-state index in [1.807, 2.05) is 26.8 Å². The van der Waals surface area contributed by atoms with Crippen molar-refractivity contribution in [2.24, 2.45) is 11.8 Å². The van der Waals surface area contributed by atoms with Crippen LogP contribution in [0.2, 0.25) is 0 Å². The number of nitrogens with one attached hydrogen (secondary N) is 1. The molecule has 4 nitrogen and oxygen atoms in total. The molecule has 1 rings (SSSR count). The fourth-order valence-corrected chi connectivity index (χ4v) is 1.96. The van der Waals surface area contributed by atoms with Crippen molar-refractivity contribution >= 4 is 5.91 Å². The zero-order valence-corrected chi connectivity index (χ0v) is 8.78. The third-order valence-electron chi connectivity index (χ3n) is 2.89. The molecular weight excluding hydrogens is 180 g/mol. The maximum absolute atomic E-state index is 11.6. The van der Waals surface area contributed by atoms with Crippen molar-refractivity contribution in [3.63, 3.8) is 0 Å². The van der Waals surface area contributed by atoms with Gasteiger partial charge in [-0.3, -0.25) is 4.79 Å². The molecule has 0 saturated carbocycles. The smallest absolute Gasteiger partial charge is 0.226 e. The van der Waals surface area contributed by atoms with Crippen molar-refractivity contribution in [2.45, 2.75) is 33.0 Å². The molecule has 1 amide bonds. The molecule has 4 heteroatoms. The van der Waals surface area contributed by atoms with Crippen LogP contribution in [-0.2, 0) is 9.53 Å². The van der Waals surface area contributed by atoms with E-state index in [1.165, 1.54) is 0 Å². The molecule has 1 saturated heterocycles. The van der Waals surface area contributed by atoms with E-state index in [9.17, 15) is 4.79 Å².